The van der Waals surface area contributed by atoms with E-state index in [1.807, 2.05) is 6.92 Å². The van der Waals surface area contributed by atoms with Crippen molar-refractivity contribution < 1.29 is 13.2 Å². The standard InChI is InChI=1S/C16H31N3O3S/c1-2-3-11-23(21,22)19-9-6-15(7-10-19)16(20)18-13-14-5-4-8-17-12-14/h14-15,17H,2-13H2,1H3,(H,18,20). The van der Waals surface area contributed by atoms with Gasteiger partial charge in [0.15, 0.2) is 0 Å². The zero-order valence-corrected chi connectivity index (χ0v) is 15.0. The van der Waals surface area contributed by atoms with Crippen LogP contribution in [0.4, 0.5) is 0 Å². The third-order valence-corrected chi connectivity index (χ3v) is 6.89. The molecule has 2 saturated heterocycles. The van der Waals surface area contributed by atoms with Crippen LogP contribution < -0.4 is 10.6 Å². The Morgan fingerprint density at radius 1 is 1.26 bits per heavy atom. The van der Waals surface area contributed by atoms with Gasteiger partial charge >= 0.3 is 0 Å². The molecule has 2 aliphatic heterocycles. The minimum Gasteiger partial charge on any atom is -0.356 e. The van der Waals surface area contributed by atoms with E-state index in [1.54, 1.807) is 4.31 Å². The summed E-state index contributed by atoms with van der Waals surface area (Å²) in [6, 6.07) is 0. The number of nitrogens with one attached hydrogen (secondary N) is 2. The molecule has 0 spiro atoms. The molecule has 2 fully saturated rings. The number of piperidine rings is 2. The molecular weight excluding hydrogens is 314 g/mol. The van der Waals surface area contributed by atoms with Crippen molar-refractivity contribution in [2.75, 3.05) is 38.5 Å². The molecule has 2 rings (SSSR count). The number of hydrogen-bond acceptors (Lipinski definition) is 4. The van der Waals surface area contributed by atoms with E-state index in [9.17, 15) is 13.2 Å². The molecule has 0 bridgehead atoms. The van der Waals surface area contributed by atoms with Crippen LogP contribution in [0.2, 0.25) is 0 Å². The van der Waals surface area contributed by atoms with Crippen molar-refractivity contribution in [3.63, 3.8) is 0 Å². The van der Waals surface area contributed by atoms with Gasteiger partial charge < -0.3 is 10.6 Å². The van der Waals surface area contributed by atoms with Crippen molar-refractivity contribution in [3.8, 4) is 0 Å². The molecule has 0 aromatic heterocycles. The Morgan fingerprint density at radius 3 is 2.61 bits per heavy atom. The second-order valence-electron chi connectivity index (χ2n) is 6.80. The van der Waals surface area contributed by atoms with Crippen LogP contribution in [0.15, 0.2) is 0 Å². The van der Waals surface area contributed by atoms with Gasteiger partial charge in [-0.05, 0) is 51.1 Å². The molecule has 1 atom stereocenters. The van der Waals surface area contributed by atoms with Crippen molar-refractivity contribution >= 4 is 15.9 Å². The highest BCUT2D eigenvalue weighted by atomic mass is 32.2. The Labute approximate surface area is 140 Å². The fourth-order valence-electron chi connectivity index (χ4n) is 3.34. The molecule has 1 amide bonds. The van der Waals surface area contributed by atoms with Gasteiger partial charge in [-0.25, -0.2) is 12.7 Å². The second-order valence-corrected chi connectivity index (χ2v) is 8.89. The normalized spacial score (nSPS) is 24.5. The number of carbonyl (C=O) groups excluding carboxylic acids is 1. The number of amides is 1. The third kappa shape index (κ3) is 5.72. The van der Waals surface area contributed by atoms with Crippen molar-refractivity contribution in [3.05, 3.63) is 0 Å². The van der Waals surface area contributed by atoms with Crippen LogP contribution in [0, 0.1) is 11.8 Å². The largest absolute Gasteiger partial charge is 0.356 e. The van der Waals surface area contributed by atoms with Gasteiger partial charge in [-0.15, -0.1) is 0 Å². The van der Waals surface area contributed by atoms with E-state index in [4.69, 9.17) is 0 Å². The number of unbranched alkanes of at least 4 members (excludes halogenated alkanes) is 1. The number of rotatable bonds is 7. The monoisotopic (exact) mass is 345 g/mol. The lowest BCUT2D eigenvalue weighted by Gasteiger charge is -2.31. The SMILES string of the molecule is CCCCS(=O)(=O)N1CCC(C(=O)NCC2CCCNC2)CC1. The average molecular weight is 346 g/mol. The summed E-state index contributed by atoms with van der Waals surface area (Å²) in [6.07, 6.45) is 5.21. The van der Waals surface area contributed by atoms with E-state index in [0.29, 0.717) is 38.3 Å². The maximum absolute atomic E-state index is 12.3. The molecule has 2 heterocycles. The summed E-state index contributed by atoms with van der Waals surface area (Å²) in [5.74, 6) is 0.822. The van der Waals surface area contributed by atoms with Crippen LogP contribution in [-0.4, -0.2) is 57.1 Å². The highest BCUT2D eigenvalue weighted by Crippen LogP contribution is 2.21. The zero-order chi connectivity index (χ0) is 16.7. The molecule has 2 N–H and O–H groups in total. The first-order chi connectivity index (χ1) is 11.0. The van der Waals surface area contributed by atoms with E-state index in [0.717, 1.165) is 26.1 Å². The first kappa shape index (κ1) is 18.7. The van der Waals surface area contributed by atoms with Crippen LogP contribution in [0.1, 0.15) is 45.4 Å². The molecule has 0 aliphatic carbocycles. The molecule has 134 valence electrons. The number of carbonyl (C=O) groups is 1. The van der Waals surface area contributed by atoms with Gasteiger partial charge in [0.1, 0.15) is 0 Å². The summed E-state index contributed by atoms with van der Waals surface area (Å²) in [7, 11) is -3.13. The van der Waals surface area contributed by atoms with Gasteiger partial charge in [0.2, 0.25) is 15.9 Å². The third-order valence-electron chi connectivity index (χ3n) is 4.94. The van der Waals surface area contributed by atoms with Crippen LogP contribution >= 0.6 is 0 Å². The summed E-state index contributed by atoms with van der Waals surface area (Å²) in [6.45, 7) is 5.75. The maximum atomic E-state index is 12.3. The van der Waals surface area contributed by atoms with Crippen molar-refractivity contribution in [1.82, 2.24) is 14.9 Å². The molecule has 0 aromatic rings. The van der Waals surface area contributed by atoms with Gasteiger partial charge in [0, 0.05) is 25.6 Å². The molecular formula is C16H31N3O3S. The Bertz CT molecular complexity index is 467. The average Bonchev–Trinajstić information content (AvgIpc) is 2.59. The Hall–Kier alpha value is -0.660. The highest BCUT2D eigenvalue weighted by Gasteiger charge is 2.30. The van der Waals surface area contributed by atoms with Gasteiger partial charge in [0.25, 0.3) is 0 Å². The van der Waals surface area contributed by atoms with Gasteiger partial charge in [-0.3, -0.25) is 4.79 Å². The van der Waals surface area contributed by atoms with Gasteiger partial charge in [-0.2, -0.15) is 0 Å². The van der Waals surface area contributed by atoms with Crippen molar-refractivity contribution in [2.45, 2.75) is 45.4 Å². The summed E-state index contributed by atoms with van der Waals surface area (Å²) in [5.41, 5.74) is 0. The number of sulfonamides is 1. The fraction of sp³-hybridized carbons (Fsp3) is 0.938. The lowest BCUT2D eigenvalue weighted by molar-refractivity contribution is -0.126. The quantitative estimate of drug-likeness (QED) is 0.720. The molecule has 0 saturated carbocycles. The molecule has 7 heteroatoms. The minimum absolute atomic E-state index is 0.0378. The van der Waals surface area contributed by atoms with E-state index in [2.05, 4.69) is 10.6 Å². The Balaban J connectivity index is 1.71. The summed E-state index contributed by atoms with van der Waals surface area (Å²) in [4.78, 5) is 12.3. The van der Waals surface area contributed by atoms with Crippen molar-refractivity contribution in [1.29, 1.82) is 0 Å². The number of hydrogen-bond donors (Lipinski definition) is 2. The summed E-state index contributed by atoms with van der Waals surface area (Å²) >= 11 is 0. The van der Waals surface area contributed by atoms with E-state index in [1.165, 1.54) is 12.8 Å². The smallest absolute Gasteiger partial charge is 0.223 e. The van der Waals surface area contributed by atoms with Gasteiger partial charge in [-0.1, -0.05) is 13.3 Å². The number of nitrogens with zero attached hydrogens (tertiary/aromatic N) is 1. The Kier molecular flexibility index (Phi) is 7.30. The maximum Gasteiger partial charge on any atom is 0.223 e. The molecule has 6 nitrogen and oxygen atoms in total. The second kappa shape index (κ2) is 8.99. The first-order valence-electron chi connectivity index (χ1n) is 8.99. The van der Waals surface area contributed by atoms with Crippen molar-refractivity contribution in [2.24, 2.45) is 11.8 Å². The first-order valence-corrected chi connectivity index (χ1v) is 10.6. The summed E-state index contributed by atoms with van der Waals surface area (Å²) in [5, 5.41) is 6.42. The zero-order valence-electron chi connectivity index (χ0n) is 14.2. The van der Waals surface area contributed by atoms with E-state index >= 15 is 0 Å². The van der Waals surface area contributed by atoms with Gasteiger partial charge in [0.05, 0.1) is 5.75 Å². The minimum atomic E-state index is -3.13. The molecule has 1 unspecified atom stereocenters. The lowest BCUT2D eigenvalue weighted by Crippen LogP contribution is -2.45. The van der Waals surface area contributed by atoms with Crippen LogP contribution in [0.5, 0.6) is 0 Å². The molecule has 0 aromatic carbocycles. The summed E-state index contributed by atoms with van der Waals surface area (Å²) < 4.78 is 25.9. The van der Waals surface area contributed by atoms with E-state index < -0.39 is 10.0 Å². The Morgan fingerprint density at radius 2 is 2.00 bits per heavy atom. The topological polar surface area (TPSA) is 78.5 Å². The van der Waals surface area contributed by atoms with Crippen LogP contribution in [0.3, 0.4) is 0 Å². The predicted molar refractivity (Wildman–Crippen MR) is 91.6 cm³/mol. The van der Waals surface area contributed by atoms with Crippen LogP contribution in [-0.2, 0) is 14.8 Å². The fourth-order valence-corrected chi connectivity index (χ4v) is 5.02. The predicted octanol–water partition coefficient (Wildman–Crippen LogP) is 0.944. The molecule has 2 aliphatic rings. The molecule has 0 radical (unpaired) electrons. The highest BCUT2D eigenvalue weighted by molar-refractivity contribution is 7.89. The molecule has 23 heavy (non-hydrogen) atoms. The van der Waals surface area contributed by atoms with Crippen LogP contribution in [0.25, 0.3) is 0 Å². The lowest BCUT2D eigenvalue weighted by atomic mass is 9.96. The van der Waals surface area contributed by atoms with E-state index in [-0.39, 0.29) is 17.6 Å².